The van der Waals surface area contributed by atoms with Gasteiger partial charge in [-0.05, 0) is 28.1 Å². The van der Waals surface area contributed by atoms with Crippen molar-refractivity contribution in [2.24, 2.45) is 0 Å². The number of aromatic hydroxyl groups is 1. The van der Waals surface area contributed by atoms with Crippen molar-refractivity contribution in [3.63, 3.8) is 0 Å². The van der Waals surface area contributed by atoms with E-state index in [-0.39, 0.29) is 5.75 Å². The Labute approximate surface area is 127 Å². The van der Waals surface area contributed by atoms with E-state index in [1.165, 1.54) is 0 Å². The fraction of sp³-hybridized carbons (Fsp3) is 0.250. The molecular formula is C16H16N4O2. The molecule has 0 spiro atoms. The molecule has 1 aliphatic heterocycles. The van der Waals surface area contributed by atoms with Crippen molar-refractivity contribution in [2.75, 3.05) is 31.1 Å². The van der Waals surface area contributed by atoms with Crippen molar-refractivity contribution in [3.8, 4) is 17.2 Å². The zero-order valence-electron chi connectivity index (χ0n) is 12.0. The average molecular weight is 296 g/mol. The minimum atomic E-state index is 0.147. The zero-order chi connectivity index (χ0) is 14.9. The highest BCUT2D eigenvalue weighted by Gasteiger charge is 2.19. The van der Waals surface area contributed by atoms with E-state index < -0.39 is 0 Å². The highest BCUT2D eigenvalue weighted by molar-refractivity contribution is 5.89. The molecule has 1 aromatic heterocycles. The Morgan fingerprint density at radius 1 is 1.09 bits per heavy atom. The molecule has 2 N–H and O–H groups in total. The summed E-state index contributed by atoms with van der Waals surface area (Å²) in [7, 11) is 0. The highest BCUT2D eigenvalue weighted by Crippen LogP contribution is 2.33. The van der Waals surface area contributed by atoms with Gasteiger partial charge in [-0.15, -0.1) is 0 Å². The first kappa shape index (κ1) is 13.1. The van der Waals surface area contributed by atoms with E-state index in [4.69, 9.17) is 4.52 Å². The number of hydrogen-bond acceptors (Lipinski definition) is 6. The van der Waals surface area contributed by atoms with Crippen LogP contribution in [0.5, 0.6) is 5.75 Å². The van der Waals surface area contributed by atoms with E-state index in [1.807, 2.05) is 30.3 Å². The first-order valence-corrected chi connectivity index (χ1v) is 7.33. The van der Waals surface area contributed by atoms with Gasteiger partial charge in [0.05, 0.1) is 5.56 Å². The molecule has 6 heteroatoms. The molecule has 1 fully saturated rings. The molecule has 0 unspecified atom stereocenters. The molecular weight excluding hydrogens is 280 g/mol. The van der Waals surface area contributed by atoms with Crippen molar-refractivity contribution in [1.29, 1.82) is 0 Å². The molecule has 112 valence electrons. The lowest BCUT2D eigenvalue weighted by atomic mass is 10.1. The van der Waals surface area contributed by atoms with Crippen molar-refractivity contribution in [3.05, 3.63) is 36.4 Å². The molecule has 22 heavy (non-hydrogen) atoms. The normalized spacial score (nSPS) is 15.4. The Morgan fingerprint density at radius 3 is 2.59 bits per heavy atom. The van der Waals surface area contributed by atoms with Crippen molar-refractivity contribution < 1.29 is 9.63 Å². The van der Waals surface area contributed by atoms with Crippen LogP contribution in [0, 0.1) is 0 Å². The van der Waals surface area contributed by atoms with Crippen LogP contribution in [0.15, 0.2) is 40.9 Å². The lowest BCUT2D eigenvalue weighted by Gasteiger charge is -2.25. The summed E-state index contributed by atoms with van der Waals surface area (Å²) in [6.07, 6.45) is 0. The Kier molecular flexibility index (Phi) is 3.16. The summed E-state index contributed by atoms with van der Waals surface area (Å²) in [6.45, 7) is 3.52. The van der Waals surface area contributed by atoms with Gasteiger partial charge in [0.2, 0.25) is 0 Å². The molecule has 2 heterocycles. The Morgan fingerprint density at radius 2 is 1.82 bits per heavy atom. The van der Waals surface area contributed by atoms with Crippen LogP contribution in [-0.2, 0) is 0 Å². The second-order valence-electron chi connectivity index (χ2n) is 5.35. The Bertz CT molecular complexity index is 809. The molecule has 1 aliphatic rings. The van der Waals surface area contributed by atoms with Gasteiger partial charge in [-0.1, -0.05) is 24.3 Å². The fourth-order valence-electron chi connectivity index (χ4n) is 2.72. The summed E-state index contributed by atoms with van der Waals surface area (Å²) >= 11 is 0. The largest absolute Gasteiger partial charge is 0.507 e. The predicted octanol–water partition coefficient (Wildman–Crippen LogP) is 2.00. The predicted molar refractivity (Wildman–Crippen MR) is 84.0 cm³/mol. The number of hydrogen-bond donors (Lipinski definition) is 2. The van der Waals surface area contributed by atoms with Crippen LogP contribution in [0.3, 0.4) is 0 Å². The number of phenolic OH excluding ortho intramolecular Hbond substituents is 1. The maximum Gasteiger partial charge on any atom is 0.266 e. The third kappa shape index (κ3) is 2.27. The van der Waals surface area contributed by atoms with E-state index in [9.17, 15) is 5.11 Å². The minimum Gasteiger partial charge on any atom is -0.507 e. The SMILES string of the molecule is Oc1cc2ccccc2cc1-c1nc(N2CCNCC2)no1. The van der Waals surface area contributed by atoms with Gasteiger partial charge in [0.15, 0.2) is 0 Å². The van der Waals surface area contributed by atoms with Crippen LogP contribution < -0.4 is 10.2 Å². The van der Waals surface area contributed by atoms with Gasteiger partial charge in [0.1, 0.15) is 5.75 Å². The van der Waals surface area contributed by atoms with Crippen LogP contribution in [0.1, 0.15) is 0 Å². The second-order valence-corrected chi connectivity index (χ2v) is 5.35. The van der Waals surface area contributed by atoms with E-state index in [1.54, 1.807) is 6.07 Å². The molecule has 0 saturated carbocycles. The standard InChI is InChI=1S/C16H16N4O2/c21-14-10-12-4-2-1-3-11(12)9-13(14)15-18-16(19-22-15)20-7-5-17-6-8-20/h1-4,9-10,17,21H,5-8H2. The van der Waals surface area contributed by atoms with Gasteiger partial charge in [-0.25, -0.2) is 0 Å². The third-order valence-electron chi connectivity index (χ3n) is 3.91. The summed E-state index contributed by atoms with van der Waals surface area (Å²) < 4.78 is 5.35. The van der Waals surface area contributed by atoms with Crippen LogP contribution in [0.4, 0.5) is 5.95 Å². The van der Waals surface area contributed by atoms with Gasteiger partial charge in [-0.3, -0.25) is 0 Å². The fourth-order valence-corrected chi connectivity index (χ4v) is 2.72. The number of benzene rings is 2. The molecule has 0 radical (unpaired) electrons. The van der Waals surface area contributed by atoms with E-state index in [0.29, 0.717) is 17.4 Å². The van der Waals surface area contributed by atoms with Crippen molar-refractivity contribution in [1.82, 2.24) is 15.5 Å². The number of piperazine rings is 1. The number of fused-ring (bicyclic) bond motifs is 1. The molecule has 2 aromatic carbocycles. The quantitative estimate of drug-likeness (QED) is 0.753. The highest BCUT2D eigenvalue weighted by atomic mass is 16.5. The molecule has 3 aromatic rings. The third-order valence-corrected chi connectivity index (χ3v) is 3.91. The molecule has 0 atom stereocenters. The molecule has 0 aliphatic carbocycles. The monoisotopic (exact) mass is 296 g/mol. The number of nitrogens with zero attached hydrogens (tertiary/aromatic N) is 3. The Hall–Kier alpha value is -2.60. The molecule has 0 bridgehead atoms. The molecule has 6 nitrogen and oxygen atoms in total. The van der Waals surface area contributed by atoms with E-state index in [0.717, 1.165) is 37.0 Å². The number of phenols is 1. The van der Waals surface area contributed by atoms with E-state index >= 15 is 0 Å². The van der Waals surface area contributed by atoms with Crippen molar-refractivity contribution >= 4 is 16.7 Å². The van der Waals surface area contributed by atoms with Crippen LogP contribution in [0.25, 0.3) is 22.2 Å². The first-order chi connectivity index (χ1) is 10.8. The molecule has 1 saturated heterocycles. The summed E-state index contributed by atoms with van der Waals surface area (Å²) in [5.41, 5.74) is 0.563. The van der Waals surface area contributed by atoms with Gasteiger partial charge < -0.3 is 19.8 Å². The first-order valence-electron chi connectivity index (χ1n) is 7.33. The Balaban J connectivity index is 1.72. The number of anilines is 1. The lowest BCUT2D eigenvalue weighted by Crippen LogP contribution is -2.44. The van der Waals surface area contributed by atoms with Gasteiger partial charge in [0.25, 0.3) is 11.8 Å². The van der Waals surface area contributed by atoms with Gasteiger partial charge in [0, 0.05) is 26.2 Å². The topological polar surface area (TPSA) is 74.4 Å². The summed E-state index contributed by atoms with van der Waals surface area (Å²) in [4.78, 5) is 6.50. The van der Waals surface area contributed by atoms with Crippen LogP contribution in [-0.4, -0.2) is 41.4 Å². The maximum atomic E-state index is 10.2. The van der Waals surface area contributed by atoms with Crippen LogP contribution in [0.2, 0.25) is 0 Å². The zero-order valence-corrected chi connectivity index (χ0v) is 12.0. The maximum absolute atomic E-state index is 10.2. The number of nitrogens with one attached hydrogen (secondary N) is 1. The second kappa shape index (κ2) is 5.31. The average Bonchev–Trinajstić information content (AvgIpc) is 3.05. The number of aromatic nitrogens is 2. The molecule has 0 amide bonds. The summed E-state index contributed by atoms with van der Waals surface area (Å²) in [6, 6.07) is 11.4. The summed E-state index contributed by atoms with van der Waals surface area (Å²) in [5.74, 6) is 1.06. The van der Waals surface area contributed by atoms with Gasteiger partial charge >= 0.3 is 0 Å². The summed E-state index contributed by atoms with van der Waals surface area (Å²) in [5, 5.41) is 19.6. The molecule has 4 rings (SSSR count). The smallest absolute Gasteiger partial charge is 0.266 e. The van der Waals surface area contributed by atoms with Crippen molar-refractivity contribution in [2.45, 2.75) is 0 Å². The van der Waals surface area contributed by atoms with Gasteiger partial charge in [-0.2, -0.15) is 4.98 Å². The van der Waals surface area contributed by atoms with Crippen LogP contribution >= 0.6 is 0 Å². The van der Waals surface area contributed by atoms with E-state index in [2.05, 4.69) is 20.4 Å². The minimum absolute atomic E-state index is 0.147. The number of rotatable bonds is 2. The lowest BCUT2D eigenvalue weighted by molar-refractivity contribution is 0.421.